The van der Waals surface area contributed by atoms with Gasteiger partial charge in [-0.25, -0.2) is 5.43 Å². The average Bonchev–Trinajstić information content (AvgIpc) is 2.57. The summed E-state index contributed by atoms with van der Waals surface area (Å²) >= 11 is 4.44. The van der Waals surface area contributed by atoms with Crippen LogP contribution in [0.4, 0.5) is 5.69 Å². The van der Waals surface area contributed by atoms with Gasteiger partial charge in [0.05, 0.1) is 6.21 Å². The molecule has 2 aromatic rings. The number of anilines is 1. The molecule has 0 heterocycles. The minimum Gasteiger partial charge on any atom is -0.326 e. The van der Waals surface area contributed by atoms with Gasteiger partial charge in [0, 0.05) is 25.7 Å². The molecule has 0 aliphatic rings. The van der Waals surface area contributed by atoms with E-state index in [1.165, 1.54) is 0 Å². The van der Waals surface area contributed by atoms with Crippen LogP contribution in [0, 0.1) is 14.1 Å². The summed E-state index contributed by atoms with van der Waals surface area (Å²) in [4.78, 5) is 23.7. The fourth-order valence-corrected chi connectivity index (χ4v) is 3.00. The van der Waals surface area contributed by atoms with Gasteiger partial charge in [-0.2, -0.15) is 5.10 Å². The van der Waals surface area contributed by atoms with Gasteiger partial charge in [0.15, 0.2) is 0 Å². The van der Waals surface area contributed by atoms with Crippen molar-refractivity contribution in [1.29, 1.82) is 0 Å². The zero-order valence-electron chi connectivity index (χ0n) is 13.6. The predicted molar refractivity (Wildman–Crippen MR) is 117 cm³/mol. The number of nitrogens with zero attached hydrogens (tertiary/aromatic N) is 1. The number of hydrazone groups is 1. The van der Waals surface area contributed by atoms with Gasteiger partial charge in [0.25, 0.3) is 0 Å². The molecule has 0 atom stereocenters. The van der Waals surface area contributed by atoms with E-state index < -0.39 is 0 Å². The zero-order chi connectivity index (χ0) is 18.2. The highest BCUT2D eigenvalue weighted by molar-refractivity contribution is 14.1. The Balaban J connectivity index is 1.75. The molecule has 0 aliphatic carbocycles. The van der Waals surface area contributed by atoms with Crippen LogP contribution in [0.15, 0.2) is 47.6 Å². The first kappa shape index (κ1) is 19.8. The van der Waals surface area contributed by atoms with Crippen LogP contribution >= 0.6 is 45.2 Å². The van der Waals surface area contributed by atoms with Crippen molar-refractivity contribution in [2.24, 2.45) is 5.10 Å². The van der Waals surface area contributed by atoms with E-state index in [0.717, 1.165) is 24.0 Å². The number of rotatable bonds is 6. The van der Waals surface area contributed by atoms with Gasteiger partial charge in [-0.15, -0.1) is 0 Å². The van der Waals surface area contributed by atoms with E-state index >= 15 is 0 Å². The lowest BCUT2D eigenvalue weighted by Crippen LogP contribution is -2.20. The number of amides is 2. The lowest BCUT2D eigenvalue weighted by molar-refractivity contribution is -0.124. The number of aryl methyl sites for hydroxylation is 1. The average molecular weight is 561 g/mol. The topological polar surface area (TPSA) is 70.6 Å². The molecule has 0 radical (unpaired) electrons. The number of carbonyl (C=O) groups is 2. The van der Waals surface area contributed by atoms with E-state index in [-0.39, 0.29) is 24.7 Å². The Morgan fingerprint density at radius 2 is 1.64 bits per heavy atom. The maximum Gasteiger partial charge on any atom is 0.240 e. The maximum atomic E-state index is 11.9. The summed E-state index contributed by atoms with van der Waals surface area (Å²) < 4.78 is 2.24. The van der Waals surface area contributed by atoms with E-state index in [2.05, 4.69) is 61.0 Å². The molecule has 5 nitrogen and oxygen atoms in total. The smallest absolute Gasteiger partial charge is 0.240 e. The lowest BCUT2D eigenvalue weighted by atomic mass is 10.2. The van der Waals surface area contributed by atoms with E-state index in [0.29, 0.717) is 0 Å². The molecule has 0 fully saturated rings. The molecule has 2 aromatic carbocycles. The monoisotopic (exact) mass is 561 g/mol. The van der Waals surface area contributed by atoms with Crippen molar-refractivity contribution in [2.45, 2.75) is 19.8 Å². The number of benzene rings is 2. The van der Waals surface area contributed by atoms with Gasteiger partial charge in [-0.3, -0.25) is 9.59 Å². The molecule has 130 valence electrons. The lowest BCUT2D eigenvalue weighted by Gasteiger charge is -2.08. The fraction of sp³-hybridized carbons (Fsp3) is 0.167. The van der Waals surface area contributed by atoms with Gasteiger partial charge < -0.3 is 5.32 Å². The normalized spacial score (nSPS) is 10.7. The summed E-state index contributed by atoms with van der Waals surface area (Å²) in [5.74, 6) is -0.489. The Bertz CT molecular complexity index is 789. The van der Waals surface area contributed by atoms with Crippen LogP contribution in [0.2, 0.25) is 0 Å². The molecule has 0 bridgehead atoms. The number of hydrogen-bond donors (Lipinski definition) is 2. The quantitative estimate of drug-likeness (QED) is 0.318. The Morgan fingerprint density at radius 1 is 1.00 bits per heavy atom. The third-order valence-corrected chi connectivity index (χ3v) is 4.70. The van der Waals surface area contributed by atoms with Gasteiger partial charge in [0.2, 0.25) is 11.8 Å². The van der Waals surface area contributed by atoms with Crippen LogP contribution in [0.5, 0.6) is 0 Å². The second kappa shape index (κ2) is 9.85. The number of halogens is 2. The highest BCUT2D eigenvalue weighted by Gasteiger charge is 2.08. The highest BCUT2D eigenvalue weighted by atomic mass is 127. The zero-order valence-corrected chi connectivity index (χ0v) is 17.9. The molecule has 0 unspecified atom stereocenters. The first-order chi connectivity index (χ1) is 11.9. The van der Waals surface area contributed by atoms with Gasteiger partial charge in [-0.1, -0.05) is 12.1 Å². The SMILES string of the molecule is Cc1cc(I)ccc1NC(=O)CCC(=O)N/N=C/c1ccc(I)cc1. The van der Waals surface area contributed by atoms with Gasteiger partial charge in [-0.05, 0) is 93.6 Å². The van der Waals surface area contributed by atoms with Crippen molar-refractivity contribution < 1.29 is 9.59 Å². The van der Waals surface area contributed by atoms with Crippen molar-refractivity contribution in [1.82, 2.24) is 5.43 Å². The second-order valence-corrected chi connectivity index (χ2v) is 7.84. The largest absolute Gasteiger partial charge is 0.326 e. The first-order valence-corrected chi connectivity index (χ1v) is 9.73. The molecule has 0 spiro atoms. The van der Waals surface area contributed by atoms with Crippen molar-refractivity contribution in [3.63, 3.8) is 0 Å². The Labute approximate surface area is 173 Å². The van der Waals surface area contributed by atoms with Gasteiger partial charge in [0.1, 0.15) is 0 Å². The molecule has 2 N–H and O–H groups in total. The van der Waals surface area contributed by atoms with Crippen molar-refractivity contribution >= 4 is 68.9 Å². The Kier molecular flexibility index (Phi) is 7.82. The van der Waals surface area contributed by atoms with Crippen molar-refractivity contribution in [2.75, 3.05) is 5.32 Å². The van der Waals surface area contributed by atoms with Crippen LogP contribution in [0.3, 0.4) is 0 Å². The Hall–Kier alpha value is -1.49. The summed E-state index contributed by atoms with van der Waals surface area (Å²) in [5, 5.41) is 6.72. The van der Waals surface area contributed by atoms with E-state index in [1.54, 1.807) is 6.21 Å². The van der Waals surface area contributed by atoms with Crippen molar-refractivity contribution in [3.8, 4) is 0 Å². The molecular formula is C18H17I2N3O2. The number of nitrogens with one attached hydrogen (secondary N) is 2. The maximum absolute atomic E-state index is 11.9. The van der Waals surface area contributed by atoms with Gasteiger partial charge >= 0.3 is 0 Å². The summed E-state index contributed by atoms with van der Waals surface area (Å²) in [5.41, 5.74) is 5.09. The molecule has 7 heteroatoms. The second-order valence-electron chi connectivity index (χ2n) is 5.35. The molecule has 0 saturated carbocycles. The standard InChI is InChI=1S/C18H17I2N3O2/c1-12-10-15(20)6-7-16(12)22-17(24)8-9-18(25)23-21-11-13-2-4-14(19)5-3-13/h2-7,10-11H,8-9H2,1H3,(H,22,24)(H,23,25)/b21-11+. The number of hydrogen-bond acceptors (Lipinski definition) is 3. The van der Waals surface area contributed by atoms with Crippen LogP contribution < -0.4 is 10.7 Å². The van der Waals surface area contributed by atoms with Crippen LogP contribution in [-0.4, -0.2) is 18.0 Å². The van der Waals surface area contributed by atoms with E-state index in [1.807, 2.05) is 49.4 Å². The summed E-state index contributed by atoms with van der Waals surface area (Å²) in [6.07, 6.45) is 1.76. The highest BCUT2D eigenvalue weighted by Crippen LogP contribution is 2.18. The molecule has 0 saturated heterocycles. The van der Waals surface area contributed by atoms with E-state index in [9.17, 15) is 9.59 Å². The molecule has 0 aromatic heterocycles. The summed E-state index contributed by atoms with van der Waals surface area (Å²) in [6, 6.07) is 13.5. The van der Waals surface area contributed by atoms with Crippen LogP contribution in [-0.2, 0) is 9.59 Å². The van der Waals surface area contributed by atoms with Crippen LogP contribution in [0.1, 0.15) is 24.0 Å². The van der Waals surface area contributed by atoms with Crippen LogP contribution in [0.25, 0.3) is 0 Å². The summed E-state index contributed by atoms with van der Waals surface area (Å²) in [7, 11) is 0. The molecule has 25 heavy (non-hydrogen) atoms. The van der Waals surface area contributed by atoms with Crippen molar-refractivity contribution in [3.05, 3.63) is 60.7 Å². The molecular weight excluding hydrogens is 544 g/mol. The first-order valence-electron chi connectivity index (χ1n) is 7.57. The molecule has 0 aliphatic heterocycles. The third kappa shape index (κ3) is 7.10. The minimum absolute atomic E-state index is 0.0826. The fourth-order valence-electron chi connectivity index (χ4n) is 1.99. The number of carbonyl (C=O) groups excluding carboxylic acids is 2. The Morgan fingerprint density at radius 3 is 2.32 bits per heavy atom. The predicted octanol–water partition coefficient (Wildman–Crippen LogP) is 4.07. The molecule has 2 amide bonds. The third-order valence-electron chi connectivity index (χ3n) is 3.31. The van der Waals surface area contributed by atoms with E-state index in [4.69, 9.17) is 0 Å². The minimum atomic E-state index is -0.295. The molecule has 2 rings (SSSR count). The summed E-state index contributed by atoms with van der Waals surface area (Å²) in [6.45, 7) is 1.93.